The summed E-state index contributed by atoms with van der Waals surface area (Å²) in [5.41, 5.74) is 3.09. The molecule has 2 N–H and O–H groups in total. The lowest BCUT2D eigenvalue weighted by molar-refractivity contribution is -0.140. The van der Waals surface area contributed by atoms with Crippen LogP contribution >= 0.6 is 11.8 Å². The minimum Gasteiger partial charge on any atom is -0.508 e. The van der Waals surface area contributed by atoms with Gasteiger partial charge in [-0.05, 0) is 41.8 Å². The van der Waals surface area contributed by atoms with Crippen LogP contribution in [0.3, 0.4) is 0 Å². The molecule has 8 nitrogen and oxygen atoms in total. The second-order valence-electron chi connectivity index (χ2n) is 8.07. The number of carbonyl (C=O) groups is 1. The number of hydrogen-bond donors (Lipinski definition) is 2. The zero-order chi connectivity index (χ0) is 23.7. The lowest BCUT2D eigenvalue weighted by atomic mass is 9.98. The Balaban J connectivity index is 1.85. The zero-order valence-electron chi connectivity index (χ0n) is 18.9. The lowest BCUT2D eigenvalue weighted by Gasteiger charge is -2.15. The van der Waals surface area contributed by atoms with Gasteiger partial charge in [-0.25, -0.2) is 0 Å². The number of fused-ring (bicyclic) bond motifs is 1. The van der Waals surface area contributed by atoms with Crippen LogP contribution in [0.15, 0.2) is 47.8 Å². The van der Waals surface area contributed by atoms with E-state index in [-0.39, 0.29) is 29.8 Å². The van der Waals surface area contributed by atoms with Gasteiger partial charge in [0.2, 0.25) is 0 Å². The quantitative estimate of drug-likeness (QED) is 0.303. The van der Waals surface area contributed by atoms with Crippen molar-refractivity contribution in [1.29, 1.82) is 0 Å². The van der Waals surface area contributed by atoms with Gasteiger partial charge in [-0.15, -0.1) is 10.2 Å². The molecule has 0 radical (unpaired) electrons. The van der Waals surface area contributed by atoms with E-state index in [1.807, 2.05) is 60.5 Å². The summed E-state index contributed by atoms with van der Waals surface area (Å²) in [6.45, 7) is 3.94. The fraction of sp³-hybridized carbons (Fsp3) is 0.292. The van der Waals surface area contributed by atoms with E-state index in [1.165, 1.54) is 24.9 Å². The molecule has 2 aromatic heterocycles. The average molecular weight is 467 g/mol. The Kier molecular flexibility index (Phi) is 6.33. The highest BCUT2D eigenvalue weighted by Crippen LogP contribution is 2.39. The highest BCUT2D eigenvalue weighted by atomic mass is 32.2. The summed E-state index contributed by atoms with van der Waals surface area (Å²) in [7, 11) is 3.35. The lowest BCUT2D eigenvalue weighted by Crippen LogP contribution is -2.04. The minimum absolute atomic E-state index is 0.0377. The Bertz CT molecular complexity index is 1330. The third-order valence-corrected chi connectivity index (χ3v) is 6.46. The number of esters is 1. The van der Waals surface area contributed by atoms with Gasteiger partial charge in [0.15, 0.2) is 11.0 Å². The standard InChI is InChI=1S/C24H26N4O4S/c1-14(2)17-12-18(21(30)13-20(17)29)23-25-26-24(33-10-8-22(31)32-4)28(23)16-5-6-19-15(11-16)7-9-27(19)3/h5-7,9,11-14,29-30H,8,10H2,1-4H3. The van der Waals surface area contributed by atoms with E-state index in [0.29, 0.717) is 27.9 Å². The molecule has 0 saturated carbocycles. The van der Waals surface area contributed by atoms with Gasteiger partial charge in [0, 0.05) is 36.0 Å². The molecular formula is C24H26N4O4S. The largest absolute Gasteiger partial charge is 0.508 e. The van der Waals surface area contributed by atoms with Gasteiger partial charge in [-0.2, -0.15) is 0 Å². The third kappa shape index (κ3) is 4.41. The summed E-state index contributed by atoms with van der Waals surface area (Å²) in [4.78, 5) is 11.6. The predicted octanol–water partition coefficient (Wildman–Crippen LogP) is 4.62. The number of hydrogen-bond acceptors (Lipinski definition) is 7. The molecule has 9 heteroatoms. The number of thioether (sulfide) groups is 1. The van der Waals surface area contributed by atoms with E-state index in [0.717, 1.165) is 16.6 Å². The second kappa shape index (κ2) is 9.19. The van der Waals surface area contributed by atoms with Crippen LogP contribution in [0.2, 0.25) is 0 Å². The number of phenols is 2. The first-order valence-electron chi connectivity index (χ1n) is 10.6. The van der Waals surface area contributed by atoms with Crippen molar-refractivity contribution in [1.82, 2.24) is 19.3 Å². The predicted molar refractivity (Wildman–Crippen MR) is 128 cm³/mol. The van der Waals surface area contributed by atoms with Crippen molar-refractivity contribution in [3.63, 3.8) is 0 Å². The molecule has 0 spiro atoms. The van der Waals surface area contributed by atoms with Crippen molar-refractivity contribution in [2.24, 2.45) is 7.05 Å². The Morgan fingerprint density at radius 1 is 1.12 bits per heavy atom. The summed E-state index contributed by atoms with van der Waals surface area (Å²) in [6, 6.07) is 11.1. The van der Waals surface area contributed by atoms with Crippen LogP contribution in [0.5, 0.6) is 11.5 Å². The van der Waals surface area contributed by atoms with Gasteiger partial charge in [-0.3, -0.25) is 9.36 Å². The summed E-state index contributed by atoms with van der Waals surface area (Å²) in [5, 5.41) is 31.3. The second-order valence-corrected chi connectivity index (χ2v) is 9.13. The Morgan fingerprint density at radius 2 is 1.91 bits per heavy atom. The summed E-state index contributed by atoms with van der Waals surface area (Å²) in [6.07, 6.45) is 2.23. The van der Waals surface area contributed by atoms with Crippen molar-refractivity contribution in [2.75, 3.05) is 12.9 Å². The van der Waals surface area contributed by atoms with Crippen LogP contribution in [0.25, 0.3) is 28.0 Å². The van der Waals surface area contributed by atoms with Gasteiger partial charge in [0.1, 0.15) is 11.5 Å². The summed E-state index contributed by atoms with van der Waals surface area (Å²) < 4.78 is 8.64. The smallest absolute Gasteiger partial charge is 0.306 e. The summed E-state index contributed by atoms with van der Waals surface area (Å²) >= 11 is 1.38. The normalized spacial score (nSPS) is 11.4. The maximum absolute atomic E-state index is 11.6. The number of rotatable bonds is 7. The number of benzene rings is 2. The Hall–Kier alpha value is -3.46. The molecule has 0 bridgehead atoms. The number of ether oxygens (including phenoxy) is 1. The number of carbonyl (C=O) groups excluding carboxylic acids is 1. The van der Waals surface area contributed by atoms with Crippen molar-refractivity contribution in [3.8, 4) is 28.6 Å². The Morgan fingerprint density at radius 3 is 2.64 bits per heavy atom. The maximum Gasteiger partial charge on any atom is 0.306 e. The molecule has 2 aromatic carbocycles. The van der Waals surface area contributed by atoms with Crippen LogP contribution in [-0.2, 0) is 16.6 Å². The number of methoxy groups -OCH3 is 1. The fourth-order valence-electron chi connectivity index (χ4n) is 3.74. The third-order valence-electron chi connectivity index (χ3n) is 5.53. The van der Waals surface area contributed by atoms with E-state index in [1.54, 1.807) is 6.07 Å². The number of nitrogens with zero attached hydrogens (tertiary/aromatic N) is 4. The molecule has 0 aliphatic carbocycles. The average Bonchev–Trinajstić information content (AvgIpc) is 3.36. The topological polar surface area (TPSA) is 102 Å². The minimum atomic E-state index is -0.294. The first-order chi connectivity index (χ1) is 15.8. The molecule has 172 valence electrons. The number of aryl methyl sites for hydroxylation is 1. The van der Waals surface area contributed by atoms with Crippen molar-refractivity contribution >= 4 is 28.6 Å². The molecule has 0 aliphatic rings. The van der Waals surface area contributed by atoms with Gasteiger partial charge < -0.3 is 19.5 Å². The molecule has 33 heavy (non-hydrogen) atoms. The monoisotopic (exact) mass is 466 g/mol. The molecule has 2 heterocycles. The first kappa shape index (κ1) is 22.7. The van der Waals surface area contributed by atoms with E-state index < -0.39 is 0 Å². The molecule has 4 aromatic rings. The van der Waals surface area contributed by atoms with E-state index in [2.05, 4.69) is 10.2 Å². The Labute approximate surface area is 195 Å². The van der Waals surface area contributed by atoms with E-state index >= 15 is 0 Å². The van der Waals surface area contributed by atoms with E-state index in [4.69, 9.17) is 4.74 Å². The number of aromatic hydroxyl groups is 2. The van der Waals surface area contributed by atoms with Gasteiger partial charge in [0.05, 0.1) is 24.8 Å². The van der Waals surface area contributed by atoms with Crippen LogP contribution in [-0.4, -0.2) is 48.4 Å². The van der Waals surface area contributed by atoms with Gasteiger partial charge in [0.25, 0.3) is 0 Å². The molecule has 0 saturated heterocycles. The SMILES string of the molecule is COC(=O)CCSc1nnc(-c2cc(C(C)C)c(O)cc2O)n1-c1ccc2c(ccn2C)c1. The van der Waals surface area contributed by atoms with Crippen LogP contribution in [0.4, 0.5) is 0 Å². The number of aromatic nitrogens is 4. The maximum atomic E-state index is 11.6. The van der Waals surface area contributed by atoms with Crippen molar-refractivity contribution in [3.05, 3.63) is 48.2 Å². The molecule has 0 aliphatic heterocycles. The highest BCUT2D eigenvalue weighted by molar-refractivity contribution is 7.99. The van der Waals surface area contributed by atoms with Crippen molar-refractivity contribution < 1.29 is 19.7 Å². The molecule has 0 fully saturated rings. The van der Waals surface area contributed by atoms with Crippen LogP contribution in [0, 0.1) is 0 Å². The van der Waals surface area contributed by atoms with Crippen LogP contribution in [0.1, 0.15) is 31.7 Å². The zero-order valence-corrected chi connectivity index (χ0v) is 19.8. The fourth-order valence-corrected chi connectivity index (χ4v) is 4.61. The van der Waals surface area contributed by atoms with Gasteiger partial charge >= 0.3 is 5.97 Å². The first-order valence-corrected chi connectivity index (χ1v) is 11.6. The van der Waals surface area contributed by atoms with Crippen molar-refractivity contribution in [2.45, 2.75) is 31.3 Å². The van der Waals surface area contributed by atoms with E-state index in [9.17, 15) is 15.0 Å². The van der Waals surface area contributed by atoms with Crippen LogP contribution < -0.4 is 0 Å². The summed E-state index contributed by atoms with van der Waals surface area (Å²) in [5.74, 6) is 0.628. The van der Waals surface area contributed by atoms with Gasteiger partial charge in [-0.1, -0.05) is 25.6 Å². The number of phenolic OH excluding ortho intramolecular Hbond substituents is 2. The molecular weight excluding hydrogens is 440 g/mol. The molecule has 0 atom stereocenters. The highest BCUT2D eigenvalue weighted by Gasteiger charge is 2.22. The molecule has 4 rings (SSSR count). The molecule has 0 unspecified atom stereocenters. The molecule has 0 amide bonds.